The number of esters is 1. The van der Waals surface area contributed by atoms with Crippen LogP contribution in [0.4, 0.5) is 0 Å². The summed E-state index contributed by atoms with van der Waals surface area (Å²) in [7, 11) is 1.49. The standard InChI is InChI=1S/C20H17NO3/c1-15-5-7-16(8-6-15)10-12-20(22)24-18-11-9-17(4-3-13-21)14-19(18)23-2/h3-12,14H,1-2H3/b4-3-,12-10+. The van der Waals surface area contributed by atoms with Gasteiger partial charge in [-0.2, -0.15) is 5.26 Å². The normalized spacial score (nSPS) is 10.7. The molecule has 0 radical (unpaired) electrons. The summed E-state index contributed by atoms with van der Waals surface area (Å²) in [6, 6.07) is 14.8. The monoisotopic (exact) mass is 319 g/mol. The predicted octanol–water partition coefficient (Wildman–Crippen LogP) is 4.16. The molecular weight excluding hydrogens is 302 g/mol. The lowest BCUT2D eigenvalue weighted by atomic mass is 10.1. The van der Waals surface area contributed by atoms with Gasteiger partial charge in [-0.15, -0.1) is 0 Å². The van der Waals surface area contributed by atoms with Gasteiger partial charge in [-0.3, -0.25) is 0 Å². The van der Waals surface area contributed by atoms with Gasteiger partial charge in [-0.25, -0.2) is 4.79 Å². The van der Waals surface area contributed by atoms with Crippen molar-refractivity contribution >= 4 is 18.1 Å². The molecule has 4 heteroatoms. The number of benzene rings is 2. The van der Waals surface area contributed by atoms with E-state index < -0.39 is 5.97 Å². The Bertz CT molecular complexity index is 812. The van der Waals surface area contributed by atoms with Crippen LogP contribution in [0.3, 0.4) is 0 Å². The second kappa shape index (κ2) is 8.35. The topological polar surface area (TPSA) is 59.3 Å². The minimum Gasteiger partial charge on any atom is -0.493 e. The van der Waals surface area contributed by atoms with E-state index in [0.717, 1.165) is 16.7 Å². The third-order valence-electron chi connectivity index (χ3n) is 3.24. The minimum absolute atomic E-state index is 0.324. The van der Waals surface area contributed by atoms with Gasteiger partial charge in [0.15, 0.2) is 11.5 Å². The molecule has 0 amide bonds. The van der Waals surface area contributed by atoms with Crippen LogP contribution in [0.15, 0.2) is 54.6 Å². The van der Waals surface area contributed by atoms with Crippen LogP contribution in [0.5, 0.6) is 11.5 Å². The predicted molar refractivity (Wildman–Crippen MR) is 93.5 cm³/mol. The van der Waals surface area contributed by atoms with Crippen LogP contribution in [0.2, 0.25) is 0 Å². The van der Waals surface area contributed by atoms with Crippen LogP contribution in [0, 0.1) is 18.3 Å². The maximum Gasteiger partial charge on any atom is 0.336 e. The average Bonchev–Trinajstić information content (AvgIpc) is 2.60. The molecular formula is C20H17NO3. The number of ether oxygens (including phenoxy) is 2. The lowest BCUT2D eigenvalue weighted by Crippen LogP contribution is -2.05. The van der Waals surface area contributed by atoms with Crippen molar-refractivity contribution in [2.24, 2.45) is 0 Å². The molecule has 4 nitrogen and oxygen atoms in total. The number of nitrogens with zero attached hydrogens (tertiary/aromatic N) is 1. The van der Waals surface area contributed by atoms with Crippen molar-refractivity contribution in [1.82, 2.24) is 0 Å². The van der Waals surface area contributed by atoms with E-state index in [1.165, 1.54) is 19.3 Å². The minimum atomic E-state index is -0.491. The molecule has 0 heterocycles. The maximum absolute atomic E-state index is 12.0. The van der Waals surface area contributed by atoms with Gasteiger partial charge in [0.05, 0.1) is 13.2 Å². The molecule has 0 atom stereocenters. The summed E-state index contributed by atoms with van der Waals surface area (Å²) in [6.45, 7) is 2.00. The van der Waals surface area contributed by atoms with Gasteiger partial charge >= 0.3 is 5.97 Å². The van der Waals surface area contributed by atoms with E-state index in [1.54, 1.807) is 30.4 Å². The molecule has 2 aromatic rings. The van der Waals surface area contributed by atoms with Gasteiger partial charge in [0.25, 0.3) is 0 Å². The van der Waals surface area contributed by atoms with Crippen molar-refractivity contribution in [3.05, 3.63) is 71.3 Å². The van der Waals surface area contributed by atoms with Gasteiger partial charge in [0.1, 0.15) is 0 Å². The number of nitriles is 1. The first-order valence-corrected chi connectivity index (χ1v) is 7.33. The van der Waals surface area contributed by atoms with Crippen LogP contribution in [-0.4, -0.2) is 13.1 Å². The van der Waals surface area contributed by atoms with Crippen molar-refractivity contribution in [2.45, 2.75) is 6.92 Å². The smallest absolute Gasteiger partial charge is 0.336 e. The van der Waals surface area contributed by atoms with E-state index in [-0.39, 0.29) is 0 Å². The molecule has 0 bridgehead atoms. The molecule has 120 valence electrons. The molecule has 24 heavy (non-hydrogen) atoms. The van der Waals surface area contributed by atoms with Crippen molar-refractivity contribution in [1.29, 1.82) is 5.26 Å². The largest absolute Gasteiger partial charge is 0.493 e. The fourth-order valence-electron chi connectivity index (χ4n) is 1.99. The van der Waals surface area contributed by atoms with Crippen LogP contribution in [-0.2, 0) is 4.79 Å². The number of aryl methyl sites for hydroxylation is 1. The Labute approximate surface area is 141 Å². The Morgan fingerprint density at radius 1 is 1.04 bits per heavy atom. The Morgan fingerprint density at radius 3 is 2.42 bits per heavy atom. The highest BCUT2D eigenvalue weighted by molar-refractivity contribution is 5.89. The number of rotatable bonds is 5. The third-order valence-corrected chi connectivity index (χ3v) is 3.24. The van der Waals surface area contributed by atoms with Gasteiger partial charge < -0.3 is 9.47 Å². The second-order valence-corrected chi connectivity index (χ2v) is 5.04. The first-order valence-electron chi connectivity index (χ1n) is 7.33. The highest BCUT2D eigenvalue weighted by Crippen LogP contribution is 2.28. The number of allylic oxidation sites excluding steroid dienone is 1. The second-order valence-electron chi connectivity index (χ2n) is 5.04. The molecule has 0 N–H and O–H groups in total. The highest BCUT2D eigenvalue weighted by atomic mass is 16.6. The van der Waals surface area contributed by atoms with Crippen LogP contribution < -0.4 is 9.47 Å². The zero-order valence-corrected chi connectivity index (χ0v) is 13.5. The first-order chi connectivity index (χ1) is 11.6. The summed E-state index contributed by atoms with van der Waals surface area (Å²) in [5, 5.41) is 8.55. The zero-order chi connectivity index (χ0) is 17.4. The van der Waals surface area contributed by atoms with Gasteiger partial charge in [-0.05, 0) is 42.3 Å². The van der Waals surface area contributed by atoms with Gasteiger partial charge in [0.2, 0.25) is 0 Å². The van der Waals surface area contributed by atoms with E-state index in [4.69, 9.17) is 14.7 Å². The van der Waals surface area contributed by atoms with Crippen LogP contribution in [0.25, 0.3) is 12.2 Å². The van der Waals surface area contributed by atoms with Crippen molar-refractivity contribution in [2.75, 3.05) is 7.11 Å². The lowest BCUT2D eigenvalue weighted by molar-refractivity contribution is -0.129. The Kier molecular flexibility index (Phi) is 5.93. The number of methoxy groups -OCH3 is 1. The first kappa shape index (κ1) is 17.0. The molecule has 0 unspecified atom stereocenters. The lowest BCUT2D eigenvalue weighted by Gasteiger charge is -2.08. The molecule has 0 spiro atoms. The summed E-state index contributed by atoms with van der Waals surface area (Å²) in [5.41, 5.74) is 2.86. The fraction of sp³-hybridized carbons (Fsp3) is 0.100. The van der Waals surface area contributed by atoms with Crippen molar-refractivity contribution < 1.29 is 14.3 Å². The molecule has 0 saturated heterocycles. The van der Waals surface area contributed by atoms with Crippen molar-refractivity contribution in [3.63, 3.8) is 0 Å². The van der Waals surface area contributed by atoms with E-state index in [1.807, 2.05) is 37.3 Å². The Morgan fingerprint density at radius 2 is 1.75 bits per heavy atom. The van der Waals surface area contributed by atoms with Gasteiger partial charge in [-0.1, -0.05) is 35.9 Å². The molecule has 0 aliphatic carbocycles. The summed E-state index contributed by atoms with van der Waals surface area (Å²) in [4.78, 5) is 12.0. The number of carbonyl (C=O) groups is 1. The quantitative estimate of drug-likeness (QED) is 0.359. The molecule has 0 aliphatic rings. The number of hydrogen-bond acceptors (Lipinski definition) is 4. The SMILES string of the molecule is COc1cc(/C=C\C#N)ccc1OC(=O)/C=C/c1ccc(C)cc1. The fourth-order valence-corrected chi connectivity index (χ4v) is 1.99. The Balaban J connectivity index is 2.09. The van der Waals surface area contributed by atoms with E-state index in [9.17, 15) is 4.79 Å². The average molecular weight is 319 g/mol. The zero-order valence-electron chi connectivity index (χ0n) is 13.5. The van der Waals surface area contributed by atoms with Crippen molar-refractivity contribution in [3.8, 4) is 17.6 Å². The van der Waals surface area contributed by atoms with E-state index in [0.29, 0.717) is 11.5 Å². The summed E-state index contributed by atoms with van der Waals surface area (Å²) in [5.74, 6) is 0.256. The van der Waals surface area contributed by atoms with Crippen LogP contribution in [0.1, 0.15) is 16.7 Å². The molecule has 2 rings (SSSR count). The number of carbonyl (C=O) groups excluding carboxylic acids is 1. The number of hydrogen-bond donors (Lipinski definition) is 0. The maximum atomic E-state index is 12.0. The summed E-state index contributed by atoms with van der Waals surface area (Å²) in [6.07, 6.45) is 6.07. The Hall–Kier alpha value is -3.32. The van der Waals surface area contributed by atoms with E-state index >= 15 is 0 Å². The summed E-state index contributed by atoms with van der Waals surface area (Å²) >= 11 is 0. The molecule has 0 aliphatic heterocycles. The van der Waals surface area contributed by atoms with Gasteiger partial charge in [0, 0.05) is 12.2 Å². The molecule has 0 saturated carbocycles. The molecule has 0 aromatic heterocycles. The third kappa shape index (κ3) is 4.85. The van der Waals surface area contributed by atoms with Crippen LogP contribution >= 0.6 is 0 Å². The highest BCUT2D eigenvalue weighted by Gasteiger charge is 2.08. The summed E-state index contributed by atoms with van der Waals surface area (Å²) < 4.78 is 10.5. The molecule has 0 fully saturated rings. The molecule has 2 aromatic carbocycles. The van der Waals surface area contributed by atoms with E-state index in [2.05, 4.69) is 0 Å².